The van der Waals surface area contributed by atoms with E-state index in [2.05, 4.69) is 15.2 Å². The molecule has 0 saturated heterocycles. The molecule has 1 aromatic rings. The van der Waals surface area contributed by atoms with Crippen LogP contribution in [0.2, 0.25) is 0 Å². The van der Waals surface area contributed by atoms with Crippen LogP contribution in [0.3, 0.4) is 0 Å². The number of nitrogens with zero attached hydrogens (tertiary/aromatic N) is 2. The molecule has 1 aliphatic heterocycles. The molecule has 0 aliphatic carbocycles. The number of aromatic amines is 1. The van der Waals surface area contributed by atoms with Gasteiger partial charge in [0.05, 0.1) is 11.4 Å². The zero-order valence-corrected chi connectivity index (χ0v) is 7.88. The van der Waals surface area contributed by atoms with Gasteiger partial charge in [-0.05, 0) is 6.08 Å². The summed E-state index contributed by atoms with van der Waals surface area (Å²) in [7, 11) is 0. The summed E-state index contributed by atoms with van der Waals surface area (Å²) >= 11 is 0. The molecule has 0 radical (unpaired) electrons. The number of nitrogens with one attached hydrogen (secondary N) is 1. The molecule has 2 heterocycles. The van der Waals surface area contributed by atoms with Gasteiger partial charge in [0, 0.05) is 31.0 Å². The van der Waals surface area contributed by atoms with E-state index in [4.69, 9.17) is 0 Å². The molecular formula is C10H9N3O2. The molecule has 1 aromatic heterocycles. The van der Waals surface area contributed by atoms with E-state index in [-0.39, 0.29) is 11.5 Å². The zero-order valence-electron chi connectivity index (χ0n) is 7.88. The van der Waals surface area contributed by atoms with Gasteiger partial charge in [-0.15, -0.1) is 0 Å². The van der Waals surface area contributed by atoms with E-state index in [1.165, 1.54) is 18.3 Å². The maximum atomic E-state index is 11.1. The Bertz CT molecular complexity index is 487. The van der Waals surface area contributed by atoms with Crippen molar-refractivity contribution in [2.45, 2.75) is 12.5 Å². The highest BCUT2D eigenvalue weighted by molar-refractivity contribution is 6.00. The Balaban J connectivity index is 2.32. The quantitative estimate of drug-likeness (QED) is 0.733. The van der Waals surface area contributed by atoms with Crippen molar-refractivity contribution in [3.05, 3.63) is 51.4 Å². The summed E-state index contributed by atoms with van der Waals surface area (Å²) in [6.45, 7) is 0. The first kappa shape index (κ1) is 9.51. The van der Waals surface area contributed by atoms with Crippen LogP contribution in [0.4, 0.5) is 0 Å². The maximum absolute atomic E-state index is 11.1. The summed E-state index contributed by atoms with van der Waals surface area (Å²) in [5.74, 6) is 0. The molecule has 1 aliphatic rings. The normalized spacial score (nSPS) is 19.7. The van der Waals surface area contributed by atoms with Crippen molar-refractivity contribution in [2.24, 2.45) is 10.2 Å². The monoisotopic (exact) mass is 203 g/mol. The van der Waals surface area contributed by atoms with Crippen molar-refractivity contribution >= 4 is 5.71 Å². The average Bonchev–Trinajstić information content (AvgIpc) is 2.29. The molecule has 76 valence electrons. The van der Waals surface area contributed by atoms with Gasteiger partial charge < -0.3 is 4.98 Å². The Kier molecular flexibility index (Phi) is 2.53. The highest BCUT2D eigenvalue weighted by atomic mass is 16.3. The van der Waals surface area contributed by atoms with Crippen LogP contribution in [0.25, 0.3) is 0 Å². The number of pyridine rings is 1. The van der Waals surface area contributed by atoms with Gasteiger partial charge >= 0.3 is 0 Å². The minimum Gasteiger partial charge on any atom is -0.360 e. The highest BCUT2D eigenvalue weighted by Gasteiger charge is 2.14. The van der Waals surface area contributed by atoms with Crippen LogP contribution in [0.1, 0.15) is 12.1 Å². The lowest BCUT2D eigenvalue weighted by Crippen LogP contribution is -2.16. The smallest absolute Gasteiger partial charge is 0.182 e. The van der Waals surface area contributed by atoms with Gasteiger partial charge in [0.2, 0.25) is 0 Å². The molecule has 0 saturated carbocycles. The van der Waals surface area contributed by atoms with E-state index in [1.54, 1.807) is 12.3 Å². The zero-order chi connectivity index (χ0) is 10.7. The molecule has 1 atom stereocenters. The third kappa shape index (κ3) is 2.07. The number of hydrogen-bond acceptors (Lipinski definition) is 4. The number of rotatable bonds is 2. The number of H-pyrrole nitrogens is 1. The third-order valence-electron chi connectivity index (χ3n) is 2.16. The highest BCUT2D eigenvalue weighted by Crippen LogP contribution is 2.11. The fourth-order valence-corrected chi connectivity index (χ4v) is 1.42. The van der Waals surface area contributed by atoms with Gasteiger partial charge in [-0.25, -0.2) is 0 Å². The lowest BCUT2D eigenvalue weighted by atomic mass is 10.1. The van der Waals surface area contributed by atoms with Crippen LogP contribution < -0.4 is 5.43 Å². The molecule has 0 amide bonds. The van der Waals surface area contributed by atoms with E-state index in [0.717, 1.165) is 0 Å². The molecule has 0 spiro atoms. The fraction of sp³-hybridized carbons (Fsp3) is 0.200. The molecule has 0 aromatic carbocycles. The summed E-state index contributed by atoms with van der Waals surface area (Å²) in [6, 6.07) is 2.50. The van der Waals surface area contributed by atoms with Crippen molar-refractivity contribution in [1.29, 1.82) is 0 Å². The minimum atomic E-state index is -0.388. The van der Waals surface area contributed by atoms with Gasteiger partial charge in [-0.2, -0.15) is 4.91 Å². The maximum Gasteiger partial charge on any atom is 0.182 e. The third-order valence-corrected chi connectivity index (χ3v) is 2.16. The van der Waals surface area contributed by atoms with E-state index < -0.39 is 0 Å². The molecule has 1 N–H and O–H groups in total. The first-order valence-electron chi connectivity index (χ1n) is 4.54. The van der Waals surface area contributed by atoms with E-state index in [9.17, 15) is 9.70 Å². The second-order valence-corrected chi connectivity index (χ2v) is 3.23. The standard InChI is InChI=1S/C10H9N3O2/c14-8-2-4-12-10(6-8)9-5-7(13-15)1-3-11-9/h1-4,6-7H,5H2,(H,12,14). The summed E-state index contributed by atoms with van der Waals surface area (Å²) < 4.78 is 0. The molecule has 2 rings (SSSR count). The Morgan fingerprint density at radius 2 is 2.40 bits per heavy atom. The summed E-state index contributed by atoms with van der Waals surface area (Å²) in [6.07, 6.45) is 5.16. The molecule has 0 fully saturated rings. The van der Waals surface area contributed by atoms with Crippen LogP contribution in [-0.2, 0) is 0 Å². The predicted molar refractivity (Wildman–Crippen MR) is 56.9 cm³/mol. The van der Waals surface area contributed by atoms with Crippen molar-refractivity contribution in [1.82, 2.24) is 4.98 Å². The molecule has 1 unspecified atom stereocenters. The summed E-state index contributed by atoms with van der Waals surface area (Å²) in [5, 5.41) is 2.94. The Morgan fingerprint density at radius 1 is 1.53 bits per heavy atom. The van der Waals surface area contributed by atoms with Crippen LogP contribution >= 0.6 is 0 Å². The molecule has 5 nitrogen and oxygen atoms in total. The van der Waals surface area contributed by atoms with Crippen LogP contribution in [0.5, 0.6) is 0 Å². The Morgan fingerprint density at radius 3 is 3.13 bits per heavy atom. The molecule has 0 bridgehead atoms. The summed E-state index contributed by atoms with van der Waals surface area (Å²) in [4.78, 5) is 28.5. The van der Waals surface area contributed by atoms with Crippen LogP contribution in [0, 0.1) is 4.91 Å². The van der Waals surface area contributed by atoms with Gasteiger partial charge in [-0.1, -0.05) is 5.18 Å². The first-order chi connectivity index (χ1) is 7.29. The van der Waals surface area contributed by atoms with Crippen LogP contribution in [-0.4, -0.2) is 16.7 Å². The average molecular weight is 203 g/mol. The lowest BCUT2D eigenvalue weighted by molar-refractivity contribution is 0.835. The van der Waals surface area contributed by atoms with E-state index in [1.807, 2.05) is 0 Å². The first-order valence-corrected chi connectivity index (χ1v) is 4.54. The van der Waals surface area contributed by atoms with E-state index >= 15 is 0 Å². The minimum absolute atomic E-state index is 0.0865. The molecule has 15 heavy (non-hydrogen) atoms. The topological polar surface area (TPSA) is 74.7 Å². The SMILES string of the molecule is O=NC1C=CN=C(c2cc(=O)cc[nH]2)C1. The second kappa shape index (κ2) is 4.00. The van der Waals surface area contributed by atoms with Gasteiger partial charge in [0.1, 0.15) is 6.04 Å². The van der Waals surface area contributed by atoms with Crippen molar-refractivity contribution < 1.29 is 0 Å². The van der Waals surface area contributed by atoms with Crippen molar-refractivity contribution in [2.75, 3.05) is 0 Å². The van der Waals surface area contributed by atoms with Gasteiger partial charge in [-0.3, -0.25) is 9.79 Å². The number of aliphatic imine (C=N–C) groups is 1. The fourth-order valence-electron chi connectivity index (χ4n) is 1.42. The largest absolute Gasteiger partial charge is 0.360 e. The molecule has 5 heteroatoms. The Labute approximate surface area is 85.5 Å². The number of nitroso groups, excluding NO2 is 1. The number of hydrogen-bond donors (Lipinski definition) is 1. The lowest BCUT2D eigenvalue weighted by Gasteiger charge is -2.10. The number of aromatic nitrogens is 1. The van der Waals surface area contributed by atoms with Gasteiger partial charge in [0.15, 0.2) is 5.43 Å². The van der Waals surface area contributed by atoms with Gasteiger partial charge in [0.25, 0.3) is 0 Å². The Hall–Kier alpha value is -2.04. The van der Waals surface area contributed by atoms with Crippen molar-refractivity contribution in [3.8, 4) is 0 Å². The van der Waals surface area contributed by atoms with E-state index in [0.29, 0.717) is 17.8 Å². The predicted octanol–water partition coefficient (Wildman–Crippen LogP) is 1.22. The van der Waals surface area contributed by atoms with Crippen LogP contribution in [0.15, 0.2) is 45.6 Å². The molecular weight excluding hydrogens is 194 g/mol. The summed E-state index contributed by atoms with van der Waals surface area (Å²) in [5.41, 5.74) is 1.23. The second-order valence-electron chi connectivity index (χ2n) is 3.23. The van der Waals surface area contributed by atoms with Crippen molar-refractivity contribution in [3.63, 3.8) is 0 Å².